The van der Waals surface area contributed by atoms with Gasteiger partial charge < -0.3 is 11.1 Å². The molecule has 0 saturated carbocycles. The van der Waals surface area contributed by atoms with Crippen molar-refractivity contribution in [2.24, 2.45) is 5.73 Å². The largest absolute Gasteiger partial charge is 0.346 e. The first-order valence-corrected chi connectivity index (χ1v) is 6.02. The second kappa shape index (κ2) is 6.83. The van der Waals surface area contributed by atoms with E-state index in [0.29, 0.717) is 16.6 Å². The van der Waals surface area contributed by atoms with E-state index in [4.69, 9.17) is 5.73 Å². The van der Waals surface area contributed by atoms with Crippen LogP contribution in [0.5, 0.6) is 0 Å². The topological polar surface area (TPSA) is 98.3 Å². The molecule has 1 rings (SSSR count). The average molecular weight is 353 g/mol. The van der Waals surface area contributed by atoms with Gasteiger partial charge in [-0.3, -0.25) is 14.9 Å². The monoisotopic (exact) mass is 351 g/mol. The van der Waals surface area contributed by atoms with Crippen LogP contribution in [-0.2, 0) is 0 Å². The van der Waals surface area contributed by atoms with Crippen molar-refractivity contribution in [3.05, 3.63) is 38.3 Å². The summed E-state index contributed by atoms with van der Waals surface area (Å²) in [5.74, 6) is -0.327. The normalized spacial score (nSPS) is 10.5. The molecule has 0 aliphatic rings. The molecule has 106 valence electrons. The number of amides is 1. The molecule has 0 unspecified atom stereocenters. The highest BCUT2D eigenvalue weighted by Gasteiger charge is 2.21. The Morgan fingerprint density at radius 2 is 2.11 bits per heavy atom. The number of carbonyl (C=O) groups is 1. The van der Waals surface area contributed by atoms with Crippen molar-refractivity contribution >= 4 is 39.9 Å². The molecule has 1 aromatic rings. The molecular formula is C11H15BrClN3O3. The van der Waals surface area contributed by atoms with Crippen LogP contribution in [0.4, 0.5) is 5.69 Å². The number of rotatable bonds is 4. The van der Waals surface area contributed by atoms with E-state index in [-0.39, 0.29) is 24.0 Å². The van der Waals surface area contributed by atoms with Crippen LogP contribution in [0.15, 0.2) is 22.7 Å². The third-order valence-electron chi connectivity index (χ3n) is 2.37. The van der Waals surface area contributed by atoms with Gasteiger partial charge in [0.15, 0.2) is 0 Å². The van der Waals surface area contributed by atoms with E-state index in [1.165, 1.54) is 18.2 Å². The van der Waals surface area contributed by atoms with Gasteiger partial charge in [0.05, 0.1) is 10.5 Å². The van der Waals surface area contributed by atoms with E-state index in [1.807, 2.05) is 0 Å². The zero-order chi connectivity index (χ0) is 13.9. The molecular weight excluding hydrogens is 337 g/mol. The fourth-order valence-corrected chi connectivity index (χ4v) is 1.77. The zero-order valence-electron chi connectivity index (χ0n) is 10.5. The van der Waals surface area contributed by atoms with Gasteiger partial charge in [0, 0.05) is 28.7 Å². The van der Waals surface area contributed by atoms with Gasteiger partial charge in [-0.15, -0.1) is 12.4 Å². The van der Waals surface area contributed by atoms with E-state index >= 15 is 0 Å². The summed E-state index contributed by atoms with van der Waals surface area (Å²) in [5.41, 5.74) is 5.25. The number of nitrogens with one attached hydrogen (secondary N) is 1. The van der Waals surface area contributed by atoms with Crippen molar-refractivity contribution < 1.29 is 9.72 Å². The van der Waals surface area contributed by atoms with Crippen LogP contribution in [-0.4, -0.2) is 22.9 Å². The van der Waals surface area contributed by atoms with E-state index in [9.17, 15) is 14.9 Å². The Balaban J connectivity index is 0.00000324. The fraction of sp³-hybridized carbons (Fsp3) is 0.364. The van der Waals surface area contributed by atoms with Crippen LogP contribution in [0.1, 0.15) is 24.2 Å². The molecule has 0 bridgehead atoms. The predicted molar refractivity (Wildman–Crippen MR) is 78.6 cm³/mol. The number of hydrogen-bond donors (Lipinski definition) is 2. The van der Waals surface area contributed by atoms with Crippen molar-refractivity contribution in [3.63, 3.8) is 0 Å². The Hall–Kier alpha value is -1.18. The van der Waals surface area contributed by atoms with Gasteiger partial charge >= 0.3 is 0 Å². The Labute approximate surface area is 125 Å². The quantitative estimate of drug-likeness (QED) is 0.641. The Bertz CT molecular complexity index is 494. The van der Waals surface area contributed by atoms with Crippen LogP contribution in [0.25, 0.3) is 0 Å². The van der Waals surface area contributed by atoms with Gasteiger partial charge in [-0.1, -0.05) is 0 Å². The number of nitrogens with two attached hydrogens (primary N) is 1. The molecule has 0 fully saturated rings. The first-order chi connectivity index (χ1) is 8.26. The first kappa shape index (κ1) is 17.8. The Morgan fingerprint density at radius 3 is 2.53 bits per heavy atom. The lowest BCUT2D eigenvalue weighted by atomic mass is 10.1. The fourth-order valence-electron chi connectivity index (χ4n) is 1.23. The lowest BCUT2D eigenvalue weighted by molar-refractivity contribution is -0.384. The highest BCUT2D eigenvalue weighted by molar-refractivity contribution is 9.10. The third kappa shape index (κ3) is 4.77. The number of carbonyl (C=O) groups excluding carboxylic acids is 1. The van der Waals surface area contributed by atoms with Crippen molar-refractivity contribution in [2.75, 3.05) is 6.54 Å². The molecule has 0 heterocycles. The minimum Gasteiger partial charge on any atom is -0.346 e. The van der Waals surface area contributed by atoms with E-state index in [1.54, 1.807) is 13.8 Å². The molecule has 3 N–H and O–H groups in total. The molecule has 6 nitrogen and oxygen atoms in total. The smallest absolute Gasteiger partial charge is 0.270 e. The second-order valence-electron chi connectivity index (χ2n) is 4.46. The third-order valence-corrected chi connectivity index (χ3v) is 3.03. The lowest BCUT2D eigenvalue weighted by Gasteiger charge is -2.24. The second-order valence-corrected chi connectivity index (χ2v) is 5.32. The standard InChI is InChI=1S/C11H14BrN3O3.ClH/c1-11(2,6-13)14-10(16)8-4-3-7(15(17)18)5-9(8)12;/h3-5H,6,13H2,1-2H3,(H,14,16);1H. The van der Waals surface area contributed by atoms with Crippen LogP contribution in [0, 0.1) is 10.1 Å². The molecule has 8 heteroatoms. The van der Waals surface area contributed by atoms with E-state index < -0.39 is 10.5 Å². The van der Waals surface area contributed by atoms with Crippen molar-refractivity contribution in [1.29, 1.82) is 0 Å². The highest BCUT2D eigenvalue weighted by atomic mass is 79.9. The van der Waals surface area contributed by atoms with Gasteiger partial charge in [0.25, 0.3) is 11.6 Å². The molecule has 1 amide bonds. The SMILES string of the molecule is CC(C)(CN)NC(=O)c1ccc([N+](=O)[O-])cc1Br.Cl. The Morgan fingerprint density at radius 1 is 1.53 bits per heavy atom. The van der Waals surface area contributed by atoms with Crippen LogP contribution in [0.2, 0.25) is 0 Å². The van der Waals surface area contributed by atoms with E-state index in [2.05, 4.69) is 21.2 Å². The molecule has 0 aromatic heterocycles. The minimum atomic E-state index is -0.529. The van der Waals surface area contributed by atoms with Gasteiger partial charge in [-0.25, -0.2) is 0 Å². The average Bonchev–Trinajstić information content (AvgIpc) is 2.28. The molecule has 0 aliphatic carbocycles. The summed E-state index contributed by atoms with van der Waals surface area (Å²) in [6.45, 7) is 3.89. The molecule has 0 radical (unpaired) electrons. The summed E-state index contributed by atoms with van der Waals surface area (Å²) in [5, 5.41) is 13.3. The summed E-state index contributed by atoms with van der Waals surface area (Å²) < 4.78 is 0.377. The number of halogens is 2. The van der Waals surface area contributed by atoms with Crippen molar-refractivity contribution in [3.8, 4) is 0 Å². The Kier molecular flexibility index (Phi) is 6.41. The molecule has 0 aliphatic heterocycles. The number of benzene rings is 1. The van der Waals surface area contributed by atoms with Crippen LogP contribution < -0.4 is 11.1 Å². The minimum absolute atomic E-state index is 0. The molecule has 1 aromatic carbocycles. The predicted octanol–water partition coefficient (Wildman–Crippen LogP) is 2.25. The van der Waals surface area contributed by atoms with Crippen molar-refractivity contribution in [1.82, 2.24) is 5.32 Å². The molecule has 19 heavy (non-hydrogen) atoms. The first-order valence-electron chi connectivity index (χ1n) is 5.23. The van der Waals surface area contributed by atoms with Gasteiger partial charge in [-0.2, -0.15) is 0 Å². The van der Waals surface area contributed by atoms with Gasteiger partial charge in [-0.05, 0) is 35.8 Å². The number of non-ortho nitro benzene ring substituents is 1. The summed E-state index contributed by atoms with van der Waals surface area (Å²) in [6, 6.07) is 3.99. The zero-order valence-corrected chi connectivity index (χ0v) is 12.9. The van der Waals surface area contributed by atoms with Crippen LogP contribution in [0.3, 0.4) is 0 Å². The van der Waals surface area contributed by atoms with Gasteiger partial charge in [0.1, 0.15) is 0 Å². The highest BCUT2D eigenvalue weighted by Crippen LogP contribution is 2.23. The van der Waals surface area contributed by atoms with Crippen molar-refractivity contribution in [2.45, 2.75) is 19.4 Å². The van der Waals surface area contributed by atoms with Crippen LogP contribution >= 0.6 is 28.3 Å². The molecule has 0 atom stereocenters. The maximum absolute atomic E-state index is 12.0. The maximum atomic E-state index is 12.0. The lowest BCUT2D eigenvalue weighted by Crippen LogP contribution is -2.48. The number of nitro groups is 1. The maximum Gasteiger partial charge on any atom is 0.270 e. The number of hydrogen-bond acceptors (Lipinski definition) is 4. The number of nitro benzene ring substituents is 1. The summed E-state index contributed by atoms with van der Waals surface area (Å²) in [4.78, 5) is 22.0. The molecule has 0 saturated heterocycles. The summed E-state index contributed by atoms with van der Waals surface area (Å²) >= 11 is 3.15. The summed E-state index contributed by atoms with van der Waals surface area (Å²) in [7, 11) is 0. The number of nitrogens with zero attached hydrogens (tertiary/aromatic N) is 1. The molecule has 0 spiro atoms. The van der Waals surface area contributed by atoms with E-state index in [0.717, 1.165) is 0 Å². The summed E-state index contributed by atoms with van der Waals surface area (Å²) in [6.07, 6.45) is 0. The van der Waals surface area contributed by atoms with Gasteiger partial charge in [0.2, 0.25) is 0 Å².